The van der Waals surface area contributed by atoms with Crippen LogP contribution in [0.4, 0.5) is 19.7 Å². The highest BCUT2D eigenvalue weighted by atomic mass is 19.1. The molecule has 8 nitrogen and oxygen atoms in total. The molecule has 2 saturated heterocycles. The number of urea groups is 1. The second-order valence-electron chi connectivity index (χ2n) is 10.5. The number of anilines is 1. The van der Waals surface area contributed by atoms with Gasteiger partial charge >= 0.3 is 12.1 Å². The van der Waals surface area contributed by atoms with Gasteiger partial charge in [0.2, 0.25) is 5.91 Å². The van der Waals surface area contributed by atoms with Crippen molar-refractivity contribution in [3.05, 3.63) is 59.4 Å². The zero-order valence-electron chi connectivity index (χ0n) is 21.8. The number of benzene rings is 2. The first kappa shape index (κ1) is 26.4. The fraction of sp³-hybridized carbons (Fsp3) is 0.464. The van der Waals surface area contributed by atoms with Crippen LogP contribution in [0.1, 0.15) is 57.1 Å². The molecular weight excluding hydrogens is 477 g/mol. The molecule has 2 aliphatic heterocycles. The summed E-state index contributed by atoms with van der Waals surface area (Å²) in [6, 6.07) is 11.5. The van der Waals surface area contributed by atoms with E-state index >= 15 is 4.39 Å². The first-order chi connectivity index (χ1) is 17.6. The first-order valence-electron chi connectivity index (χ1n) is 12.6. The number of halogens is 1. The molecule has 2 fully saturated rings. The summed E-state index contributed by atoms with van der Waals surface area (Å²) < 4.78 is 25.9. The van der Waals surface area contributed by atoms with Crippen LogP contribution in [-0.2, 0) is 16.1 Å². The van der Waals surface area contributed by atoms with E-state index in [9.17, 15) is 14.4 Å². The Morgan fingerprint density at radius 1 is 1.03 bits per heavy atom. The van der Waals surface area contributed by atoms with Gasteiger partial charge in [-0.15, -0.1) is 0 Å². The third-order valence-corrected chi connectivity index (χ3v) is 6.69. The molecule has 198 valence electrons. The van der Waals surface area contributed by atoms with Gasteiger partial charge in [-0.05, 0) is 74.9 Å². The maximum absolute atomic E-state index is 15.3. The van der Waals surface area contributed by atoms with E-state index in [2.05, 4.69) is 0 Å². The SMILES string of the molecule is COc1ccc(CN2C(=O)CCN(c3ccc(C4CCN(C(=O)OC(C)(C)C)CC4)c(F)c3)C2=O)cc1. The summed E-state index contributed by atoms with van der Waals surface area (Å²) >= 11 is 0. The average Bonchev–Trinajstić information content (AvgIpc) is 2.86. The lowest BCUT2D eigenvalue weighted by Gasteiger charge is -2.35. The van der Waals surface area contributed by atoms with Crippen LogP contribution >= 0.6 is 0 Å². The van der Waals surface area contributed by atoms with E-state index in [1.165, 1.54) is 15.9 Å². The van der Waals surface area contributed by atoms with E-state index in [1.807, 2.05) is 20.8 Å². The van der Waals surface area contributed by atoms with Crippen LogP contribution in [0.2, 0.25) is 0 Å². The number of hydrogen-bond acceptors (Lipinski definition) is 5. The fourth-order valence-corrected chi connectivity index (χ4v) is 4.71. The molecule has 0 N–H and O–H groups in total. The molecule has 0 saturated carbocycles. The molecule has 4 rings (SSSR count). The predicted molar refractivity (Wildman–Crippen MR) is 137 cm³/mol. The van der Waals surface area contributed by atoms with Gasteiger partial charge in [0.25, 0.3) is 0 Å². The highest BCUT2D eigenvalue weighted by Crippen LogP contribution is 2.33. The molecule has 0 spiro atoms. The number of ether oxygens (including phenoxy) is 2. The van der Waals surface area contributed by atoms with E-state index < -0.39 is 11.6 Å². The Kier molecular flexibility index (Phi) is 7.71. The second kappa shape index (κ2) is 10.8. The number of nitrogens with zero attached hydrogens (tertiary/aromatic N) is 3. The van der Waals surface area contributed by atoms with E-state index in [1.54, 1.807) is 48.4 Å². The number of likely N-dealkylation sites (tertiary alicyclic amines) is 1. The van der Waals surface area contributed by atoms with Crippen molar-refractivity contribution in [1.29, 1.82) is 0 Å². The molecule has 0 aliphatic carbocycles. The van der Waals surface area contributed by atoms with Gasteiger partial charge in [-0.3, -0.25) is 14.6 Å². The maximum Gasteiger partial charge on any atom is 0.410 e. The average molecular weight is 512 g/mol. The minimum Gasteiger partial charge on any atom is -0.497 e. The summed E-state index contributed by atoms with van der Waals surface area (Å²) in [5.41, 5.74) is 1.23. The minimum atomic E-state index is -0.559. The van der Waals surface area contributed by atoms with Crippen molar-refractivity contribution in [3.63, 3.8) is 0 Å². The molecule has 4 amide bonds. The van der Waals surface area contributed by atoms with E-state index in [4.69, 9.17) is 9.47 Å². The Morgan fingerprint density at radius 3 is 2.30 bits per heavy atom. The van der Waals surface area contributed by atoms with Crippen LogP contribution < -0.4 is 9.64 Å². The van der Waals surface area contributed by atoms with Gasteiger partial charge in [0.15, 0.2) is 0 Å². The molecule has 0 atom stereocenters. The van der Waals surface area contributed by atoms with E-state index in [-0.39, 0.29) is 43.2 Å². The summed E-state index contributed by atoms with van der Waals surface area (Å²) in [6.07, 6.45) is 1.07. The third kappa shape index (κ3) is 6.21. The second-order valence-corrected chi connectivity index (χ2v) is 10.5. The van der Waals surface area contributed by atoms with Crippen LogP contribution in [0.3, 0.4) is 0 Å². The third-order valence-electron chi connectivity index (χ3n) is 6.69. The number of hydrogen-bond donors (Lipinski definition) is 0. The number of amides is 4. The summed E-state index contributed by atoms with van der Waals surface area (Å²) in [5.74, 6) is 0.0104. The van der Waals surface area contributed by atoms with Crippen molar-refractivity contribution in [2.75, 3.05) is 31.6 Å². The topological polar surface area (TPSA) is 79.4 Å². The number of carbonyl (C=O) groups is 3. The molecule has 0 aromatic heterocycles. The molecular formula is C28H34FN3O5. The zero-order valence-corrected chi connectivity index (χ0v) is 21.8. The van der Waals surface area contributed by atoms with E-state index in [0.717, 1.165) is 5.56 Å². The Bertz CT molecular complexity index is 1150. The van der Waals surface area contributed by atoms with Crippen molar-refractivity contribution >= 4 is 23.7 Å². The number of imide groups is 1. The standard InChI is InChI=1S/C28H34FN3O5/c1-28(2,3)37-27(35)30-14-11-20(12-15-30)23-10-7-21(17-24(23)29)31-16-13-25(33)32(26(31)34)18-19-5-8-22(36-4)9-6-19/h5-10,17,20H,11-16,18H2,1-4H3. The lowest BCUT2D eigenvalue weighted by Crippen LogP contribution is -2.52. The quantitative estimate of drug-likeness (QED) is 0.544. The molecule has 0 unspecified atom stereocenters. The highest BCUT2D eigenvalue weighted by Gasteiger charge is 2.34. The van der Waals surface area contributed by atoms with Gasteiger partial charge in [-0.2, -0.15) is 0 Å². The molecule has 0 bridgehead atoms. The summed E-state index contributed by atoms with van der Waals surface area (Å²) in [6.45, 7) is 6.81. The van der Waals surface area contributed by atoms with Crippen molar-refractivity contribution in [2.24, 2.45) is 0 Å². The Balaban J connectivity index is 1.42. The Morgan fingerprint density at radius 2 is 1.70 bits per heavy atom. The summed E-state index contributed by atoms with van der Waals surface area (Å²) in [4.78, 5) is 42.4. The van der Waals surface area contributed by atoms with Gasteiger partial charge in [0, 0.05) is 31.7 Å². The molecule has 9 heteroatoms. The zero-order chi connectivity index (χ0) is 26.7. The number of rotatable bonds is 5. The van der Waals surface area contributed by atoms with Gasteiger partial charge in [-0.25, -0.2) is 14.0 Å². The van der Waals surface area contributed by atoms with Crippen molar-refractivity contribution in [3.8, 4) is 5.75 Å². The smallest absolute Gasteiger partial charge is 0.410 e. The van der Waals surface area contributed by atoms with Crippen LogP contribution in [0.15, 0.2) is 42.5 Å². The summed E-state index contributed by atoms with van der Waals surface area (Å²) in [5, 5.41) is 0. The van der Waals surface area contributed by atoms with Crippen LogP contribution in [0, 0.1) is 5.82 Å². The van der Waals surface area contributed by atoms with Crippen LogP contribution in [0.5, 0.6) is 5.75 Å². The normalized spacial score (nSPS) is 17.3. The number of methoxy groups -OCH3 is 1. The molecule has 2 aromatic rings. The molecule has 2 heterocycles. The van der Waals surface area contributed by atoms with Crippen molar-refractivity contribution < 1.29 is 28.2 Å². The maximum atomic E-state index is 15.3. The van der Waals surface area contributed by atoms with E-state index in [0.29, 0.717) is 42.9 Å². The molecule has 2 aromatic carbocycles. The van der Waals surface area contributed by atoms with Gasteiger partial charge < -0.3 is 14.4 Å². The fourth-order valence-electron chi connectivity index (χ4n) is 4.71. The van der Waals surface area contributed by atoms with Gasteiger partial charge in [0.05, 0.1) is 13.7 Å². The molecule has 37 heavy (non-hydrogen) atoms. The predicted octanol–water partition coefficient (Wildman–Crippen LogP) is 5.31. The highest BCUT2D eigenvalue weighted by molar-refractivity contribution is 6.05. The largest absolute Gasteiger partial charge is 0.497 e. The van der Waals surface area contributed by atoms with Crippen molar-refractivity contribution in [2.45, 2.75) is 58.1 Å². The first-order valence-corrected chi connectivity index (χ1v) is 12.6. The van der Waals surface area contributed by atoms with Gasteiger partial charge in [0.1, 0.15) is 17.2 Å². The monoisotopic (exact) mass is 511 g/mol. The Labute approximate surface area is 216 Å². The van der Waals surface area contributed by atoms with Crippen molar-refractivity contribution in [1.82, 2.24) is 9.80 Å². The Hall–Kier alpha value is -3.62. The minimum absolute atomic E-state index is 0.0297. The van der Waals surface area contributed by atoms with Crippen LogP contribution in [-0.4, -0.2) is 60.2 Å². The molecule has 0 radical (unpaired) electrons. The lowest BCUT2D eigenvalue weighted by molar-refractivity contribution is -0.129. The lowest BCUT2D eigenvalue weighted by atomic mass is 9.89. The van der Waals surface area contributed by atoms with Gasteiger partial charge in [-0.1, -0.05) is 18.2 Å². The molecule has 2 aliphatic rings. The summed E-state index contributed by atoms with van der Waals surface area (Å²) in [7, 11) is 1.57. The number of piperidine rings is 1. The number of carbonyl (C=O) groups excluding carboxylic acids is 3. The van der Waals surface area contributed by atoms with Crippen LogP contribution in [0.25, 0.3) is 0 Å².